The second-order valence-corrected chi connectivity index (χ2v) is 3.23. The Morgan fingerprint density at radius 1 is 1.28 bits per heavy atom. The molecule has 8 heteroatoms. The molecule has 1 atom stereocenters. The number of alkyl halides is 5. The SMILES string of the molecule is O=C(O)c1cccc(OC(F)(F)C(F)C(F)F)c1. The topological polar surface area (TPSA) is 46.5 Å². The molecular formula is C10H7F5O3. The van der Waals surface area contributed by atoms with Gasteiger partial charge >= 0.3 is 12.1 Å². The van der Waals surface area contributed by atoms with Crippen molar-refractivity contribution in [3.63, 3.8) is 0 Å². The predicted octanol–water partition coefficient (Wildman–Crippen LogP) is 2.96. The zero-order valence-electron chi connectivity index (χ0n) is 8.62. The fraction of sp³-hybridized carbons (Fsp3) is 0.300. The Morgan fingerprint density at radius 3 is 2.39 bits per heavy atom. The zero-order valence-corrected chi connectivity index (χ0v) is 8.62. The van der Waals surface area contributed by atoms with Gasteiger partial charge in [0.2, 0.25) is 0 Å². The molecule has 1 aromatic rings. The number of carbonyl (C=O) groups is 1. The number of hydrogen-bond donors (Lipinski definition) is 1. The number of carboxylic acid groups (broad SMARTS) is 1. The highest BCUT2D eigenvalue weighted by Crippen LogP contribution is 2.30. The van der Waals surface area contributed by atoms with E-state index in [2.05, 4.69) is 4.74 Å². The van der Waals surface area contributed by atoms with Crippen LogP contribution in [0.25, 0.3) is 0 Å². The van der Waals surface area contributed by atoms with Crippen LogP contribution in [0.2, 0.25) is 0 Å². The number of ether oxygens (including phenoxy) is 1. The summed E-state index contributed by atoms with van der Waals surface area (Å²) in [5, 5.41) is 8.57. The van der Waals surface area contributed by atoms with E-state index in [0.29, 0.717) is 6.07 Å². The highest BCUT2D eigenvalue weighted by molar-refractivity contribution is 5.87. The number of rotatable bonds is 5. The maximum atomic E-state index is 12.9. The largest absolute Gasteiger partial charge is 0.478 e. The van der Waals surface area contributed by atoms with E-state index < -0.39 is 36.0 Å². The summed E-state index contributed by atoms with van der Waals surface area (Å²) in [4.78, 5) is 10.5. The molecule has 18 heavy (non-hydrogen) atoms. The minimum Gasteiger partial charge on any atom is -0.478 e. The molecule has 0 heterocycles. The van der Waals surface area contributed by atoms with E-state index in [1.54, 1.807) is 0 Å². The predicted molar refractivity (Wildman–Crippen MR) is 49.9 cm³/mol. The molecule has 0 aromatic heterocycles. The van der Waals surface area contributed by atoms with Crippen LogP contribution in [-0.4, -0.2) is 29.8 Å². The maximum absolute atomic E-state index is 12.9. The molecule has 0 amide bonds. The summed E-state index contributed by atoms with van der Waals surface area (Å²) in [7, 11) is 0. The fourth-order valence-electron chi connectivity index (χ4n) is 1.05. The first kappa shape index (κ1) is 14.2. The number of hydrogen-bond acceptors (Lipinski definition) is 2. The molecule has 0 aliphatic carbocycles. The molecule has 0 bridgehead atoms. The summed E-state index contributed by atoms with van der Waals surface area (Å²) in [5.74, 6) is -2.14. The van der Waals surface area contributed by atoms with E-state index in [-0.39, 0.29) is 0 Å². The third-order valence-electron chi connectivity index (χ3n) is 1.88. The van der Waals surface area contributed by atoms with Crippen molar-refractivity contribution < 1.29 is 36.6 Å². The Kier molecular flexibility index (Phi) is 4.10. The van der Waals surface area contributed by atoms with Gasteiger partial charge in [-0.1, -0.05) is 6.07 Å². The number of benzene rings is 1. The van der Waals surface area contributed by atoms with E-state index in [0.717, 1.165) is 18.2 Å². The average molecular weight is 270 g/mol. The van der Waals surface area contributed by atoms with Gasteiger partial charge in [-0.05, 0) is 18.2 Å². The van der Waals surface area contributed by atoms with Gasteiger partial charge in [0, 0.05) is 0 Å². The van der Waals surface area contributed by atoms with E-state index in [9.17, 15) is 26.7 Å². The third kappa shape index (κ3) is 3.31. The molecule has 1 N–H and O–H groups in total. The van der Waals surface area contributed by atoms with E-state index >= 15 is 0 Å². The summed E-state index contributed by atoms with van der Waals surface area (Å²) < 4.78 is 65.6. The highest BCUT2D eigenvalue weighted by atomic mass is 19.3. The van der Waals surface area contributed by atoms with Gasteiger partial charge in [-0.2, -0.15) is 8.78 Å². The molecule has 1 unspecified atom stereocenters. The molecule has 100 valence electrons. The van der Waals surface area contributed by atoms with Gasteiger partial charge in [-0.3, -0.25) is 0 Å². The molecule has 0 saturated carbocycles. The Hall–Kier alpha value is -1.86. The van der Waals surface area contributed by atoms with Gasteiger partial charge in [0.05, 0.1) is 5.56 Å². The smallest absolute Gasteiger partial charge is 0.435 e. The average Bonchev–Trinajstić information content (AvgIpc) is 2.27. The summed E-state index contributed by atoms with van der Waals surface area (Å²) in [6.45, 7) is 0. The molecule has 1 rings (SSSR count). The first-order valence-electron chi connectivity index (χ1n) is 4.56. The molecule has 0 spiro atoms. The lowest BCUT2D eigenvalue weighted by Gasteiger charge is -2.21. The van der Waals surface area contributed by atoms with Crippen LogP contribution < -0.4 is 4.74 Å². The Balaban J connectivity index is 2.90. The summed E-state index contributed by atoms with van der Waals surface area (Å²) in [6, 6.07) is 3.71. The van der Waals surface area contributed by atoms with Gasteiger partial charge < -0.3 is 9.84 Å². The standard InChI is InChI=1S/C10H7F5O3/c11-7(8(12)13)10(14,15)18-6-3-1-2-5(4-6)9(16)17/h1-4,7-8H,(H,16,17). The Bertz CT molecular complexity index is 435. The van der Waals surface area contributed by atoms with Gasteiger partial charge in [0.1, 0.15) is 5.75 Å². The van der Waals surface area contributed by atoms with Crippen molar-refractivity contribution in [3.8, 4) is 5.75 Å². The number of halogens is 5. The quantitative estimate of drug-likeness (QED) is 0.837. The van der Waals surface area contributed by atoms with Crippen molar-refractivity contribution >= 4 is 5.97 Å². The van der Waals surface area contributed by atoms with Gasteiger partial charge in [0.15, 0.2) is 0 Å². The van der Waals surface area contributed by atoms with Crippen molar-refractivity contribution in [3.05, 3.63) is 29.8 Å². The first-order chi connectivity index (χ1) is 8.24. The van der Waals surface area contributed by atoms with Crippen molar-refractivity contribution in [2.45, 2.75) is 18.7 Å². The lowest BCUT2D eigenvalue weighted by Crippen LogP contribution is -2.40. The van der Waals surface area contributed by atoms with Crippen LogP contribution in [0.1, 0.15) is 10.4 Å². The normalized spacial score (nSPS) is 13.4. The van der Waals surface area contributed by atoms with Gasteiger partial charge in [-0.25, -0.2) is 18.0 Å². The lowest BCUT2D eigenvalue weighted by atomic mass is 10.2. The lowest BCUT2D eigenvalue weighted by molar-refractivity contribution is -0.244. The monoisotopic (exact) mass is 270 g/mol. The van der Waals surface area contributed by atoms with Crippen LogP contribution in [-0.2, 0) is 0 Å². The Morgan fingerprint density at radius 2 is 1.89 bits per heavy atom. The van der Waals surface area contributed by atoms with Crippen LogP contribution in [0.15, 0.2) is 24.3 Å². The maximum Gasteiger partial charge on any atom is 0.435 e. The number of aromatic carboxylic acids is 1. The van der Waals surface area contributed by atoms with Crippen LogP contribution in [0.3, 0.4) is 0 Å². The molecule has 3 nitrogen and oxygen atoms in total. The van der Waals surface area contributed by atoms with E-state index in [4.69, 9.17) is 5.11 Å². The molecule has 0 saturated heterocycles. The van der Waals surface area contributed by atoms with Crippen molar-refractivity contribution in [2.24, 2.45) is 0 Å². The molecule has 1 aromatic carbocycles. The minimum atomic E-state index is -4.74. The van der Waals surface area contributed by atoms with E-state index in [1.165, 1.54) is 0 Å². The van der Waals surface area contributed by atoms with Crippen molar-refractivity contribution in [2.75, 3.05) is 0 Å². The zero-order chi connectivity index (χ0) is 13.9. The van der Waals surface area contributed by atoms with Gasteiger partial charge in [-0.15, -0.1) is 0 Å². The molecule has 0 aliphatic heterocycles. The molecule has 0 fully saturated rings. The van der Waals surface area contributed by atoms with Crippen LogP contribution in [0.4, 0.5) is 22.0 Å². The fourth-order valence-corrected chi connectivity index (χ4v) is 1.05. The van der Waals surface area contributed by atoms with Crippen molar-refractivity contribution in [1.29, 1.82) is 0 Å². The number of carboxylic acids is 1. The molecule has 0 radical (unpaired) electrons. The third-order valence-corrected chi connectivity index (χ3v) is 1.88. The van der Waals surface area contributed by atoms with Crippen LogP contribution in [0, 0.1) is 0 Å². The highest BCUT2D eigenvalue weighted by Gasteiger charge is 2.49. The Labute approximate surface area is 97.8 Å². The second-order valence-electron chi connectivity index (χ2n) is 3.23. The second kappa shape index (κ2) is 5.19. The molecule has 0 aliphatic rings. The van der Waals surface area contributed by atoms with Gasteiger partial charge in [0.25, 0.3) is 12.6 Å². The summed E-state index contributed by atoms with van der Waals surface area (Å²) in [5.41, 5.74) is -0.393. The summed E-state index contributed by atoms with van der Waals surface area (Å²) in [6.07, 6.45) is -12.5. The summed E-state index contributed by atoms with van der Waals surface area (Å²) >= 11 is 0. The van der Waals surface area contributed by atoms with Crippen LogP contribution in [0.5, 0.6) is 5.75 Å². The molecular weight excluding hydrogens is 263 g/mol. The van der Waals surface area contributed by atoms with Crippen molar-refractivity contribution in [1.82, 2.24) is 0 Å². The van der Waals surface area contributed by atoms with Crippen LogP contribution >= 0.6 is 0 Å². The van der Waals surface area contributed by atoms with E-state index in [1.807, 2.05) is 0 Å². The first-order valence-corrected chi connectivity index (χ1v) is 4.56. The minimum absolute atomic E-state index is 0.393.